The summed E-state index contributed by atoms with van der Waals surface area (Å²) in [5, 5.41) is 9.42. The molecule has 0 bridgehead atoms. The summed E-state index contributed by atoms with van der Waals surface area (Å²) in [6.07, 6.45) is -0.697. The number of hydrogen-bond donors (Lipinski definition) is 1. The Balaban J connectivity index is 3.06. The van der Waals surface area contributed by atoms with Crippen LogP contribution in [0, 0.1) is 0 Å². The molecule has 0 aliphatic carbocycles. The van der Waals surface area contributed by atoms with Gasteiger partial charge >= 0.3 is 12.1 Å². The molecule has 1 rings (SSSR count). The van der Waals surface area contributed by atoms with Gasteiger partial charge in [0.25, 0.3) is 0 Å². The van der Waals surface area contributed by atoms with Crippen molar-refractivity contribution < 1.29 is 24.2 Å². The number of benzene rings is 1. The predicted octanol–water partition coefficient (Wildman–Crippen LogP) is 2.69. The van der Waals surface area contributed by atoms with Crippen LogP contribution in [-0.2, 0) is 9.53 Å². The van der Waals surface area contributed by atoms with Crippen LogP contribution in [0.1, 0.15) is 32.4 Å². The SMILES string of the molecule is COc1cccc(C(C(=O)O)N(C)C(=O)OC(C)(C)C)c1. The number of carboxylic acid groups (broad SMARTS) is 1. The lowest BCUT2D eigenvalue weighted by molar-refractivity contribution is -0.142. The number of methoxy groups -OCH3 is 1. The molecule has 21 heavy (non-hydrogen) atoms. The second-order valence-electron chi connectivity index (χ2n) is 5.61. The Morgan fingerprint density at radius 2 is 1.90 bits per heavy atom. The third-order valence-electron chi connectivity index (χ3n) is 2.71. The Morgan fingerprint density at radius 1 is 1.29 bits per heavy atom. The highest BCUT2D eigenvalue weighted by Crippen LogP contribution is 2.25. The van der Waals surface area contributed by atoms with Crippen LogP contribution in [0.2, 0.25) is 0 Å². The van der Waals surface area contributed by atoms with Crippen molar-refractivity contribution in [2.45, 2.75) is 32.4 Å². The van der Waals surface area contributed by atoms with E-state index in [0.717, 1.165) is 4.90 Å². The summed E-state index contributed by atoms with van der Waals surface area (Å²) in [4.78, 5) is 24.6. The molecule has 1 unspecified atom stereocenters. The van der Waals surface area contributed by atoms with Crippen molar-refractivity contribution in [2.75, 3.05) is 14.2 Å². The van der Waals surface area contributed by atoms with E-state index >= 15 is 0 Å². The smallest absolute Gasteiger partial charge is 0.411 e. The maximum atomic E-state index is 12.0. The van der Waals surface area contributed by atoms with Crippen molar-refractivity contribution in [3.8, 4) is 5.75 Å². The van der Waals surface area contributed by atoms with E-state index in [1.165, 1.54) is 14.2 Å². The number of aliphatic carboxylic acids is 1. The van der Waals surface area contributed by atoms with Gasteiger partial charge in [0.15, 0.2) is 6.04 Å². The summed E-state index contributed by atoms with van der Waals surface area (Å²) in [5.74, 6) is -0.618. The van der Waals surface area contributed by atoms with Gasteiger partial charge in [0.05, 0.1) is 7.11 Å². The monoisotopic (exact) mass is 295 g/mol. The molecule has 0 fully saturated rings. The number of rotatable bonds is 4. The van der Waals surface area contributed by atoms with Gasteiger partial charge in [-0.15, -0.1) is 0 Å². The highest BCUT2D eigenvalue weighted by atomic mass is 16.6. The van der Waals surface area contributed by atoms with Gasteiger partial charge in [-0.25, -0.2) is 9.59 Å². The van der Waals surface area contributed by atoms with Gasteiger partial charge in [-0.1, -0.05) is 12.1 Å². The Labute approximate surface area is 124 Å². The predicted molar refractivity (Wildman–Crippen MR) is 77.4 cm³/mol. The Kier molecular flexibility index (Phi) is 5.18. The number of amides is 1. The van der Waals surface area contributed by atoms with Crippen molar-refractivity contribution >= 4 is 12.1 Å². The number of carbonyl (C=O) groups excluding carboxylic acids is 1. The number of carboxylic acids is 1. The first-order chi connectivity index (χ1) is 9.65. The molecule has 0 aliphatic heterocycles. The van der Waals surface area contributed by atoms with Crippen LogP contribution in [0.25, 0.3) is 0 Å². The van der Waals surface area contributed by atoms with Crippen LogP contribution < -0.4 is 4.74 Å². The fourth-order valence-corrected chi connectivity index (χ4v) is 1.78. The molecule has 0 spiro atoms. The van der Waals surface area contributed by atoms with E-state index in [4.69, 9.17) is 9.47 Å². The van der Waals surface area contributed by atoms with Crippen LogP contribution >= 0.6 is 0 Å². The molecule has 0 radical (unpaired) electrons. The van der Waals surface area contributed by atoms with Gasteiger partial charge in [-0.3, -0.25) is 4.90 Å². The summed E-state index contributed by atoms with van der Waals surface area (Å²) in [5.41, 5.74) is -0.252. The number of carbonyl (C=O) groups is 2. The fraction of sp³-hybridized carbons (Fsp3) is 0.467. The lowest BCUT2D eigenvalue weighted by Gasteiger charge is -2.28. The summed E-state index contributed by atoms with van der Waals surface area (Å²) in [6, 6.07) is 5.44. The quantitative estimate of drug-likeness (QED) is 0.924. The molecule has 0 aromatic heterocycles. The fourth-order valence-electron chi connectivity index (χ4n) is 1.78. The van der Waals surface area contributed by atoms with Crippen LogP contribution in [0.5, 0.6) is 5.75 Å². The van der Waals surface area contributed by atoms with Crippen LogP contribution in [0.15, 0.2) is 24.3 Å². The minimum atomic E-state index is -1.14. The molecule has 0 heterocycles. The van der Waals surface area contributed by atoms with E-state index in [1.807, 2.05) is 0 Å². The first-order valence-corrected chi connectivity index (χ1v) is 6.48. The largest absolute Gasteiger partial charge is 0.497 e. The lowest BCUT2D eigenvalue weighted by Crippen LogP contribution is -2.39. The Bertz CT molecular complexity index is 521. The summed E-state index contributed by atoms with van der Waals surface area (Å²) < 4.78 is 10.3. The van der Waals surface area contributed by atoms with Crippen LogP contribution in [0.3, 0.4) is 0 Å². The summed E-state index contributed by atoms with van der Waals surface area (Å²) in [6.45, 7) is 5.17. The molecular formula is C15H21NO5. The second kappa shape index (κ2) is 6.47. The molecule has 6 nitrogen and oxygen atoms in total. The van der Waals surface area contributed by atoms with E-state index in [1.54, 1.807) is 45.0 Å². The zero-order valence-electron chi connectivity index (χ0n) is 12.9. The van der Waals surface area contributed by atoms with Gasteiger partial charge in [0, 0.05) is 7.05 Å². The van der Waals surface area contributed by atoms with Gasteiger partial charge < -0.3 is 14.6 Å². The van der Waals surface area contributed by atoms with Gasteiger partial charge in [0.1, 0.15) is 11.4 Å². The Hall–Kier alpha value is -2.24. The van der Waals surface area contributed by atoms with Crippen molar-refractivity contribution in [3.63, 3.8) is 0 Å². The minimum absolute atomic E-state index is 0.440. The maximum Gasteiger partial charge on any atom is 0.411 e. The highest BCUT2D eigenvalue weighted by molar-refractivity contribution is 5.81. The van der Waals surface area contributed by atoms with E-state index in [-0.39, 0.29) is 0 Å². The molecule has 1 aromatic rings. The minimum Gasteiger partial charge on any atom is -0.497 e. The second-order valence-corrected chi connectivity index (χ2v) is 5.61. The van der Waals surface area contributed by atoms with E-state index in [0.29, 0.717) is 11.3 Å². The topological polar surface area (TPSA) is 76.1 Å². The molecule has 1 aromatic carbocycles. The average Bonchev–Trinajstić information content (AvgIpc) is 2.36. The average molecular weight is 295 g/mol. The first kappa shape index (κ1) is 16.8. The van der Waals surface area contributed by atoms with Crippen LogP contribution in [0.4, 0.5) is 4.79 Å². The Morgan fingerprint density at radius 3 is 2.38 bits per heavy atom. The van der Waals surface area contributed by atoms with Crippen molar-refractivity contribution in [2.24, 2.45) is 0 Å². The highest BCUT2D eigenvalue weighted by Gasteiger charge is 2.31. The molecule has 0 aliphatic rings. The number of likely N-dealkylation sites (N-methyl/N-ethyl adjacent to an activating group) is 1. The molecule has 0 saturated heterocycles. The van der Waals surface area contributed by atoms with Crippen molar-refractivity contribution in [1.29, 1.82) is 0 Å². The summed E-state index contributed by atoms with van der Waals surface area (Å²) in [7, 11) is 2.89. The standard InChI is InChI=1S/C15H21NO5/c1-15(2,3)21-14(19)16(4)12(13(17)18)10-7-6-8-11(9-10)20-5/h6-9,12H,1-5H3,(H,17,18). The third kappa shape index (κ3) is 4.66. The van der Waals surface area contributed by atoms with Gasteiger partial charge in [-0.2, -0.15) is 0 Å². The zero-order valence-corrected chi connectivity index (χ0v) is 12.9. The molecular weight excluding hydrogens is 274 g/mol. The molecule has 1 N–H and O–H groups in total. The number of ether oxygens (including phenoxy) is 2. The normalized spacial score (nSPS) is 12.4. The number of nitrogens with zero attached hydrogens (tertiary/aromatic N) is 1. The van der Waals surface area contributed by atoms with Gasteiger partial charge in [0.2, 0.25) is 0 Å². The van der Waals surface area contributed by atoms with E-state index in [9.17, 15) is 14.7 Å². The lowest BCUT2D eigenvalue weighted by atomic mass is 10.1. The first-order valence-electron chi connectivity index (χ1n) is 6.48. The molecule has 116 valence electrons. The molecule has 1 amide bonds. The zero-order chi connectivity index (χ0) is 16.2. The van der Waals surface area contributed by atoms with Gasteiger partial charge in [-0.05, 0) is 38.5 Å². The van der Waals surface area contributed by atoms with Crippen molar-refractivity contribution in [3.05, 3.63) is 29.8 Å². The molecule has 1 atom stereocenters. The van der Waals surface area contributed by atoms with E-state index in [2.05, 4.69) is 0 Å². The third-order valence-corrected chi connectivity index (χ3v) is 2.71. The van der Waals surface area contributed by atoms with Crippen LogP contribution in [-0.4, -0.2) is 41.8 Å². The molecule has 0 saturated carbocycles. The molecule has 6 heteroatoms. The van der Waals surface area contributed by atoms with Crippen molar-refractivity contribution in [1.82, 2.24) is 4.90 Å². The summed E-state index contributed by atoms with van der Waals surface area (Å²) >= 11 is 0. The van der Waals surface area contributed by atoms with E-state index < -0.39 is 23.7 Å². The maximum absolute atomic E-state index is 12.0. The number of hydrogen-bond acceptors (Lipinski definition) is 4.